The number of aromatic nitrogens is 4. The van der Waals surface area contributed by atoms with Crippen LogP contribution in [0.5, 0.6) is 0 Å². The number of sulfone groups is 1. The summed E-state index contributed by atoms with van der Waals surface area (Å²) in [6.45, 7) is 5.50. The molecule has 3 aromatic rings. The Morgan fingerprint density at radius 1 is 0.971 bits per heavy atom. The third-order valence-corrected chi connectivity index (χ3v) is 8.00. The summed E-state index contributed by atoms with van der Waals surface area (Å²) in [5, 5.41) is 4.32. The lowest BCUT2D eigenvalue weighted by molar-refractivity contribution is 0.348. The van der Waals surface area contributed by atoms with Crippen LogP contribution in [0.25, 0.3) is 0 Å². The highest BCUT2D eigenvalue weighted by molar-refractivity contribution is 7.90. The van der Waals surface area contributed by atoms with Crippen molar-refractivity contribution in [3.63, 3.8) is 0 Å². The summed E-state index contributed by atoms with van der Waals surface area (Å²) in [6.07, 6.45) is 8.80. The van der Waals surface area contributed by atoms with Crippen molar-refractivity contribution in [1.29, 1.82) is 0 Å². The van der Waals surface area contributed by atoms with Crippen molar-refractivity contribution < 1.29 is 12.9 Å². The SMILES string of the molecule is CCc1cnc(N2CCC(c3noc(C4CCN(c5ccc(S(C)(=O)=O)cc5)C4)n3)CC2)nc1. The van der Waals surface area contributed by atoms with Gasteiger partial charge in [-0.05, 0) is 55.5 Å². The molecular formula is C24H30N6O3S. The van der Waals surface area contributed by atoms with Crippen molar-refractivity contribution in [2.24, 2.45) is 0 Å². The van der Waals surface area contributed by atoms with Gasteiger partial charge in [-0.15, -0.1) is 0 Å². The van der Waals surface area contributed by atoms with Crippen LogP contribution in [0.4, 0.5) is 11.6 Å². The molecule has 1 atom stereocenters. The molecule has 0 aliphatic carbocycles. The molecule has 5 rings (SSSR count). The van der Waals surface area contributed by atoms with Crippen molar-refractivity contribution in [2.75, 3.05) is 42.2 Å². The van der Waals surface area contributed by atoms with Crippen LogP contribution in [0.1, 0.15) is 55.3 Å². The van der Waals surface area contributed by atoms with E-state index in [0.717, 1.165) is 74.9 Å². The van der Waals surface area contributed by atoms with Gasteiger partial charge in [0.25, 0.3) is 0 Å². The molecule has 1 aromatic carbocycles. The van der Waals surface area contributed by atoms with Crippen LogP contribution in [0, 0.1) is 0 Å². The fourth-order valence-corrected chi connectivity index (χ4v) is 5.34. The molecule has 0 saturated carbocycles. The molecule has 34 heavy (non-hydrogen) atoms. The molecule has 2 fully saturated rings. The van der Waals surface area contributed by atoms with E-state index in [1.165, 1.54) is 6.26 Å². The van der Waals surface area contributed by atoms with Gasteiger partial charge in [-0.25, -0.2) is 18.4 Å². The first-order valence-corrected chi connectivity index (χ1v) is 13.7. The first kappa shape index (κ1) is 22.8. The maximum atomic E-state index is 11.7. The molecule has 180 valence electrons. The number of anilines is 2. The number of rotatable bonds is 6. The van der Waals surface area contributed by atoms with Crippen LogP contribution in [-0.2, 0) is 16.3 Å². The number of hydrogen-bond acceptors (Lipinski definition) is 9. The molecule has 2 aliphatic rings. The lowest BCUT2D eigenvalue weighted by Crippen LogP contribution is -2.34. The molecule has 2 saturated heterocycles. The lowest BCUT2D eigenvalue weighted by Gasteiger charge is -2.30. The van der Waals surface area contributed by atoms with Crippen molar-refractivity contribution in [3.05, 3.63) is 53.9 Å². The number of benzene rings is 1. The van der Waals surface area contributed by atoms with Crippen LogP contribution < -0.4 is 9.80 Å². The topological polar surface area (TPSA) is 105 Å². The predicted molar refractivity (Wildman–Crippen MR) is 129 cm³/mol. The van der Waals surface area contributed by atoms with Gasteiger partial charge in [-0.2, -0.15) is 4.98 Å². The van der Waals surface area contributed by atoms with Crippen LogP contribution in [0.15, 0.2) is 46.1 Å². The second-order valence-corrected chi connectivity index (χ2v) is 11.2. The maximum absolute atomic E-state index is 11.7. The fraction of sp³-hybridized carbons (Fsp3) is 0.500. The summed E-state index contributed by atoms with van der Waals surface area (Å²) in [7, 11) is -3.19. The van der Waals surface area contributed by atoms with E-state index in [0.29, 0.717) is 10.8 Å². The minimum Gasteiger partial charge on any atom is -0.371 e. The Hall–Kier alpha value is -3.01. The monoisotopic (exact) mass is 482 g/mol. The molecule has 9 nitrogen and oxygen atoms in total. The van der Waals surface area contributed by atoms with E-state index >= 15 is 0 Å². The Labute approximate surface area is 200 Å². The average Bonchev–Trinajstić information content (AvgIpc) is 3.54. The van der Waals surface area contributed by atoms with Gasteiger partial charge in [0.1, 0.15) is 0 Å². The van der Waals surface area contributed by atoms with E-state index in [4.69, 9.17) is 9.51 Å². The zero-order chi connectivity index (χ0) is 23.7. The highest BCUT2D eigenvalue weighted by atomic mass is 32.2. The quantitative estimate of drug-likeness (QED) is 0.523. The normalized spacial score (nSPS) is 19.6. The summed E-state index contributed by atoms with van der Waals surface area (Å²) in [5.41, 5.74) is 2.16. The molecule has 2 aliphatic heterocycles. The molecule has 0 radical (unpaired) electrons. The van der Waals surface area contributed by atoms with Crippen molar-refractivity contribution in [2.45, 2.75) is 49.3 Å². The van der Waals surface area contributed by atoms with E-state index in [-0.39, 0.29) is 11.8 Å². The highest BCUT2D eigenvalue weighted by Gasteiger charge is 2.31. The van der Waals surface area contributed by atoms with E-state index in [2.05, 4.69) is 31.8 Å². The van der Waals surface area contributed by atoms with Crippen LogP contribution in [-0.4, -0.2) is 61.0 Å². The standard InChI is InChI=1S/C24H30N6O3S/c1-3-17-14-25-24(26-15-17)29-11-8-18(9-12-29)22-27-23(33-28-22)19-10-13-30(16-19)20-4-6-21(7-5-20)34(2,31)32/h4-7,14-15,18-19H,3,8-13,16H2,1-2H3. The molecule has 0 spiro atoms. The van der Waals surface area contributed by atoms with Gasteiger partial charge in [0.05, 0.1) is 10.8 Å². The van der Waals surface area contributed by atoms with Crippen LogP contribution in [0.3, 0.4) is 0 Å². The first-order chi connectivity index (χ1) is 16.4. The zero-order valence-electron chi connectivity index (χ0n) is 19.6. The van der Waals surface area contributed by atoms with Crippen molar-refractivity contribution >= 4 is 21.5 Å². The molecular weight excluding hydrogens is 452 g/mol. The van der Waals surface area contributed by atoms with Gasteiger partial charge in [0.15, 0.2) is 15.7 Å². The summed E-state index contributed by atoms with van der Waals surface area (Å²) < 4.78 is 29.1. The largest absolute Gasteiger partial charge is 0.371 e. The van der Waals surface area contributed by atoms with E-state index in [1.807, 2.05) is 24.5 Å². The Balaban J connectivity index is 1.18. The smallest absolute Gasteiger partial charge is 0.231 e. The van der Waals surface area contributed by atoms with Gasteiger partial charge < -0.3 is 14.3 Å². The number of aryl methyl sites for hydroxylation is 1. The Morgan fingerprint density at radius 3 is 2.26 bits per heavy atom. The minimum absolute atomic E-state index is 0.182. The van der Waals surface area contributed by atoms with Gasteiger partial charge in [-0.3, -0.25) is 0 Å². The van der Waals surface area contributed by atoms with E-state index < -0.39 is 9.84 Å². The van der Waals surface area contributed by atoms with E-state index in [1.54, 1.807) is 12.1 Å². The Kier molecular flexibility index (Phi) is 6.24. The van der Waals surface area contributed by atoms with Gasteiger partial charge in [-0.1, -0.05) is 12.1 Å². The van der Waals surface area contributed by atoms with Crippen molar-refractivity contribution in [1.82, 2.24) is 20.1 Å². The zero-order valence-corrected chi connectivity index (χ0v) is 20.4. The summed E-state index contributed by atoms with van der Waals surface area (Å²) >= 11 is 0. The fourth-order valence-electron chi connectivity index (χ4n) is 4.71. The second-order valence-electron chi connectivity index (χ2n) is 9.19. The number of hydrogen-bond donors (Lipinski definition) is 0. The Morgan fingerprint density at radius 2 is 1.62 bits per heavy atom. The molecule has 10 heteroatoms. The van der Waals surface area contributed by atoms with Gasteiger partial charge >= 0.3 is 0 Å². The van der Waals surface area contributed by atoms with Crippen LogP contribution >= 0.6 is 0 Å². The van der Waals surface area contributed by atoms with Crippen LogP contribution in [0.2, 0.25) is 0 Å². The molecule has 1 unspecified atom stereocenters. The van der Waals surface area contributed by atoms with E-state index in [9.17, 15) is 8.42 Å². The van der Waals surface area contributed by atoms with Crippen molar-refractivity contribution in [3.8, 4) is 0 Å². The highest BCUT2D eigenvalue weighted by Crippen LogP contribution is 2.33. The third-order valence-electron chi connectivity index (χ3n) is 6.87. The molecule has 0 bridgehead atoms. The summed E-state index contributed by atoms with van der Waals surface area (Å²) in [4.78, 5) is 18.6. The minimum atomic E-state index is -3.19. The number of nitrogens with zero attached hydrogens (tertiary/aromatic N) is 6. The molecule has 0 amide bonds. The summed E-state index contributed by atoms with van der Waals surface area (Å²) in [6, 6.07) is 7.06. The molecule has 0 N–H and O–H groups in total. The van der Waals surface area contributed by atoms with Gasteiger partial charge in [0, 0.05) is 56.4 Å². The lowest BCUT2D eigenvalue weighted by atomic mass is 9.96. The predicted octanol–water partition coefficient (Wildman–Crippen LogP) is 3.20. The molecule has 4 heterocycles. The first-order valence-electron chi connectivity index (χ1n) is 11.8. The Bertz CT molecular complexity index is 1220. The maximum Gasteiger partial charge on any atom is 0.231 e. The molecule has 2 aromatic heterocycles. The second kappa shape index (κ2) is 9.32. The average molecular weight is 483 g/mol. The van der Waals surface area contributed by atoms with Gasteiger partial charge in [0.2, 0.25) is 11.8 Å². The summed E-state index contributed by atoms with van der Waals surface area (Å²) in [5.74, 6) is 2.75. The number of piperidine rings is 1. The third kappa shape index (κ3) is 4.77.